The van der Waals surface area contributed by atoms with Crippen molar-refractivity contribution in [1.29, 1.82) is 5.26 Å². The molecule has 0 bridgehead atoms. The van der Waals surface area contributed by atoms with E-state index in [0.717, 1.165) is 6.26 Å². The number of anilines is 1. The van der Waals surface area contributed by atoms with Crippen LogP contribution in [0.2, 0.25) is 5.02 Å². The van der Waals surface area contributed by atoms with E-state index in [1.807, 2.05) is 6.07 Å². The molecule has 0 spiro atoms. The predicted molar refractivity (Wildman–Crippen MR) is 73.7 cm³/mol. The molecule has 1 aromatic carbocycles. The van der Waals surface area contributed by atoms with Crippen molar-refractivity contribution in [3.63, 3.8) is 0 Å². The number of nitriles is 1. The monoisotopic (exact) mass is 300 g/mol. The first-order valence-corrected chi connectivity index (χ1v) is 7.57. The van der Waals surface area contributed by atoms with Gasteiger partial charge in [-0.15, -0.1) is 0 Å². The zero-order valence-electron chi connectivity index (χ0n) is 10.7. The maximum Gasteiger partial charge on any atom is 0.245 e. The SMILES string of the molecule is CC(C)(C(=O)Nc1ccc(C#N)cc1Cl)S(C)(=O)=O. The Kier molecular flexibility index (Phi) is 4.23. The van der Waals surface area contributed by atoms with Crippen molar-refractivity contribution in [2.45, 2.75) is 18.6 Å². The van der Waals surface area contributed by atoms with Crippen LogP contribution in [0.15, 0.2) is 18.2 Å². The van der Waals surface area contributed by atoms with Gasteiger partial charge in [-0.3, -0.25) is 4.79 Å². The summed E-state index contributed by atoms with van der Waals surface area (Å²) >= 11 is 5.90. The van der Waals surface area contributed by atoms with Gasteiger partial charge in [-0.2, -0.15) is 5.26 Å². The van der Waals surface area contributed by atoms with Crippen molar-refractivity contribution in [2.24, 2.45) is 0 Å². The fraction of sp³-hybridized carbons (Fsp3) is 0.333. The van der Waals surface area contributed by atoms with E-state index >= 15 is 0 Å². The molecule has 0 fully saturated rings. The second-order valence-electron chi connectivity index (χ2n) is 4.54. The molecular formula is C12H13ClN2O3S. The molecule has 19 heavy (non-hydrogen) atoms. The summed E-state index contributed by atoms with van der Waals surface area (Å²) in [6.45, 7) is 2.63. The van der Waals surface area contributed by atoms with Crippen molar-refractivity contribution >= 4 is 33.0 Å². The third-order valence-corrected chi connectivity index (χ3v) is 5.17. The van der Waals surface area contributed by atoms with Crippen LogP contribution in [0.4, 0.5) is 5.69 Å². The summed E-state index contributed by atoms with van der Waals surface area (Å²) in [4.78, 5) is 12.0. The van der Waals surface area contributed by atoms with E-state index in [0.29, 0.717) is 5.56 Å². The van der Waals surface area contributed by atoms with E-state index in [-0.39, 0.29) is 10.7 Å². The third kappa shape index (κ3) is 3.25. The highest BCUT2D eigenvalue weighted by Gasteiger charge is 2.38. The molecular weight excluding hydrogens is 288 g/mol. The van der Waals surface area contributed by atoms with E-state index in [1.54, 1.807) is 0 Å². The molecule has 0 aliphatic carbocycles. The van der Waals surface area contributed by atoms with Gasteiger partial charge in [-0.05, 0) is 32.0 Å². The quantitative estimate of drug-likeness (QED) is 0.924. The number of halogens is 1. The molecule has 1 rings (SSSR count). The maximum atomic E-state index is 12.0. The lowest BCUT2D eigenvalue weighted by Gasteiger charge is -2.21. The van der Waals surface area contributed by atoms with Gasteiger partial charge in [0.2, 0.25) is 5.91 Å². The zero-order valence-corrected chi connectivity index (χ0v) is 12.3. The van der Waals surface area contributed by atoms with Crippen LogP contribution in [0.25, 0.3) is 0 Å². The lowest BCUT2D eigenvalue weighted by Crippen LogP contribution is -2.43. The topological polar surface area (TPSA) is 87.0 Å². The van der Waals surface area contributed by atoms with Crippen molar-refractivity contribution in [3.8, 4) is 6.07 Å². The Hall–Kier alpha value is -1.58. The number of hydrogen-bond donors (Lipinski definition) is 1. The Morgan fingerprint density at radius 1 is 1.42 bits per heavy atom. The number of amides is 1. The van der Waals surface area contributed by atoms with Crippen LogP contribution in [0, 0.1) is 11.3 Å². The minimum atomic E-state index is -3.55. The average molecular weight is 301 g/mol. The third-order valence-electron chi connectivity index (χ3n) is 2.82. The zero-order chi connectivity index (χ0) is 14.8. The van der Waals surface area contributed by atoms with Crippen LogP contribution in [-0.4, -0.2) is 25.3 Å². The number of nitrogens with one attached hydrogen (secondary N) is 1. The van der Waals surface area contributed by atoms with Crippen LogP contribution >= 0.6 is 11.6 Å². The molecule has 0 unspecified atom stereocenters. The molecule has 102 valence electrons. The number of benzene rings is 1. The van der Waals surface area contributed by atoms with E-state index in [1.165, 1.54) is 32.0 Å². The van der Waals surface area contributed by atoms with Crippen LogP contribution in [0.5, 0.6) is 0 Å². The summed E-state index contributed by atoms with van der Waals surface area (Å²) in [7, 11) is -3.55. The molecule has 1 amide bonds. The smallest absolute Gasteiger partial charge is 0.245 e. The highest BCUT2D eigenvalue weighted by atomic mass is 35.5. The molecule has 7 heteroatoms. The fourth-order valence-corrected chi connectivity index (χ4v) is 1.74. The van der Waals surface area contributed by atoms with Gasteiger partial charge in [0, 0.05) is 6.26 Å². The fourth-order valence-electron chi connectivity index (χ4n) is 1.13. The molecule has 0 aromatic heterocycles. The average Bonchev–Trinajstić information content (AvgIpc) is 2.30. The Bertz CT molecular complexity index is 660. The molecule has 0 radical (unpaired) electrons. The van der Waals surface area contributed by atoms with Crippen molar-refractivity contribution < 1.29 is 13.2 Å². The van der Waals surface area contributed by atoms with Crippen molar-refractivity contribution in [1.82, 2.24) is 0 Å². The van der Waals surface area contributed by atoms with Gasteiger partial charge in [-0.1, -0.05) is 11.6 Å². The lowest BCUT2D eigenvalue weighted by atomic mass is 10.1. The second kappa shape index (κ2) is 5.19. The minimum absolute atomic E-state index is 0.178. The molecule has 0 heterocycles. The Labute approximate surface area is 117 Å². The Morgan fingerprint density at radius 2 is 2.00 bits per heavy atom. The van der Waals surface area contributed by atoms with Crippen LogP contribution < -0.4 is 5.32 Å². The molecule has 0 saturated carbocycles. The normalized spacial score (nSPS) is 11.7. The summed E-state index contributed by atoms with van der Waals surface area (Å²) in [5.74, 6) is -0.679. The van der Waals surface area contributed by atoms with E-state index < -0.39 is 20.5 Å². The molecule has 1 N–H and O–H groups in total. The second-order valence-corrected chi connectivity index (χ2v) is 7.52. The summed E-state index contributed by atoms with van der Waals surface area (Å²) in [5, 5.41) is 11.3. The summed E-state index contributed by atoms with van der Waals surface area (Å²) in [5.41, 5.74) is 0.618. The Morgan fingerprint density at radius 3 is 2.42 bits per heavy atom. The van der Waals surface area contributed by atoms with E-state index in [2.05, 4.69) is 5.32 Å². The highest BCUT2D eigenvalue weighted by Crippen LogP contribution is 2.25. The first kappa shape index (κ1) is 15.5. The van der Waals surface area contributed by atoms with Crippen LogP contribution in [0.3, 0.4) is 0 Å². The van der Waals surface area contributed by atoms with Gasteiger partial charge in [0.1, 0.15) is 4.75 Å². The van der Waals surface area contributed by atoms with Gasteiger partial charge in [0.25, 0.3) is 0 Å². The first-order chi connectivity index (χ1) is 8.59. The van der Waals surface area contributed by atoms with Crippen molar-refractivity contribution in [3.05, 3.63) is 28.8 Å². The molecule has 0 aliphatic rings. The lowest BCUT2D eigenvalue weighted by molar-refractivity contribution is -0.117. The molecule has 0 atom stereocenters. The first-order valence-electron chi connectivity index (χ1n) is 5.30. The Balaban J connectivity index is 3.05. The van der Waals surface area contributed by atoms with Gasteiger partial charge in [0.15, 0.2) is 9.84 Å². The predicted octanol–water partition coefficient (Wildman–Crippen LogP) is 1.97. The largest absolute Gasteiger partial charge is 0.323 e. The number of sulfone groups is 1. The molecule has 0 saturated heterocycles. The van der Waals surface area contributed by atoms with E-state index in [9.17, 15) is 13.2 Å². The number of carbonyl (C=O) groups excluding carboxylic acids is 1. The number of carbonyl (C=O) groups is 1. The summed E-state index contributed by atoms with van der Waals surface area (Å²) in [6.07, 6.45) is 0.993. The van der Waals surface area contributed by atoms with Gasteiger partial charge < -0.3 is 5.32 Å². The highest BCUT2D eigenvalue weighted by molar-refractivity contribution is 7.92. The van der Waals surface area contributed by atoms with Gasteiger partial charge in [-0.25, -0.2) is 8.42 Å². The standard InChI is InChI=1S/C12H13ClN2O3S/c1-12(2,19(3,17)18)11(16)15-10-5-4-8(7-14)6-9(10)13/h4-6H,1-3H3,(H,15,16). The van der Waals surface area contributed by atoms with Crippen molar-refractivity contribution in [2.75, 3.05) is 11.6 Å². The molecule has 1 aromatic rings. The number of nitrogens with zero attached hydrogens (tertiary/aromatic N) is 1. The van der Waals surface area contributed by atoms with Gasteiger partial charge in [0.05, 0.1) is 22.3 Å². The summed E-state index contributed by atoms with van der Waals surface area (Å²) in [6, 6.07) is 6.24. The number of rotatable bonds is 3. The number of hydrogen-bond acceptors (Lipinski definition) is 4. The minimum Gasteiger partial charge on any atom is -0.323 e. The van der Waals surface area contributed by atoms with Gasteiger partial charge >= 0.3 is 0 Å². The molecule has 5 nitrogen and oxygen atoms in total. The molecule has 0 aliphatic heterocycles. The maximum absolute atomic E-state index is 12.0. The summed E-state index contributed by atoms with van der Waals surface area (Å²) < 4.78 is 21.5. The van der Waals surface area contributed by atoms with Crippen LogP contribution in [0.1, 0.15) is 19.4 Å². The van der Waals surface area contributed by atoms with E-state index in [4.69, 9.17) is 16.9 Å². The van der Waals surface area contributed by atoms with Crippen LogP contribution in [-0.2, 0) is 14.6 Å².